The van der Waals surface area contributed by atoms with Crippen molar-refractivity contribution >= 4 is 0 Å². The van der Waals surface area contributed by atoms with Crippen LogP contribution in [0.15, 0.2) is 4.42 Å². The van der Waals surface area contributed by atoms with Crippen molar-refractivity contribution in [3.63, 3.8) is 0 Å². The van der Waals surface area contributed by atoms with Crippen LogP contribution in [0.4, 0.5) is 0 Å². The number of hydrogen-bond donors (Lipinski definition) is 1. The van der Waals surface area contributed by atoms with E-state index in [0.29, 0.717) is 28.7 Å². The molecular formula is C16H25N3O. The summed E-state index contributed by atoms with van der Waals surface area (Å²) in [5.74, 6) is 2.29. The topological polar surface area (TPSA) is 64.9 Å². The summed E-state index contributed by atoms with van der Waals surface area (Å²) in [6.45, 7) is 5.35. The molecule has 5 rings (SSSR count). The second kappa shape index (κ2) is 3.85. The van der Waals surface area contributed by atoms with Gasteiger partial charge in [0.15, 0.2) is 0 Å². The zero-order chi connectivity index (χ0) is 14.0. The molecule has 1 aromatic rings. The molecule has 2 N–H and O–H groups in total. The summed E-state index contributed by atoms with van der Waals surface area (Å²) in [7, 11) is 0. The number of rotatable bonds is 3. The molecule has 1 aromatic heterocycles. The highest BCUT2D eigenvalue weighted by Crippen LogP contribution is 2.70. The first-order valence-electron chi connectivity index (χ1n) is 7.93. The average Bonchev–Trinajstić information content (AvgIpc) is 2.70. The van der Waals surface area contributed by atoms with Gasteiger partial charge in [-0.05, 0) is 60.7 Å². The molecule has 2 unspecified atom stereocenters. The van der Waals surface area contributed by atoms with E-state index >= 15 is 0 Å². The standard InChI is InChI=1S/C16H25N3O/c1-14-3-11-4-15(2,8-14)10-16(5-11,9-14)6-12-18-19-13(7-17)20-12/h11H,3-10,17H2,1-2H3. The van der Waals surface area contributed by atoms with Crippen molar-refractivity contribution in [2.24, 2.45) is 27.9 Å². The van der Waals surface area contributed by atoms with Gasteiger partial charge in [0, 0.05) is 6.42 Å². The molecule has 4 heteroatoms. The van der Waals surface area contributed by atoms with Gasteiger partial charge >= 0.3 is 0 Å². The van der Waals surface area contributed by atoms with E-state index in [2.05, 4.69) is 24.0 Å². The molecule has 0 aromatic carbocycles. The summed E-state index contributed by atoms with van der Waals surface area (Å²) in [5, 5.41) is 8.24. The molecule has 0 saturated heterocycles. The zero-order valence-electron chi connectivity index (χ0n) is 12.6. The van der Waals surface area contributed by atoms with Gasteiger partial charge < -0.3 is 10.2 Å². The molecule has 0 radical (unpaired) electrons. The van der Waals surface area contributed by atoms with Crippen LogP contribution in [0.3, 0.4) is 0 Å². The van der Waals surface area contributed by atoms with E-state index in [-0.39, 0.29) is 0 Å². The van der Waals surface area contributed by atoms with Gasteiger partial charge in [-0.1, -0.05) is 13.8 Å². The van der Waals surface area contributed by atoms with Crippen molar-refractivity contribution in [3.8, 4) is 0 Å². The molecule has 4 saturated carbocycles. The fourth-order valence-electron chi connectivity index (χ4n) is 6.64. The monoisotopic (exact) mass is 275 g/mol. The first kappa shape index (κ1) is 12.8. The Morgan fingerprint density at radius 3 is 2.25 bits per heavy atom. The van der Waals surface area contributed by atoms with Crippen molar-refractivity contribution < 1.29 is 4.42 Å². The fourth-order valence-corrected chi connectivity index (χ4v) is 6.64. The molecule has 2 atom stereocenters. The van der Waals surface area contributed by atoms with Crippen LogP contribution in [0.5, 0.6) is 0 Å². The Morgan fingerprint density at radius 2 is 1.70 bits per heavy atom. The lowest BCUT2D eigenvalue weighted by Gasteiger charge is -2.65. The van der Waals surface area contributed by atoms with E-state index in [0.717, 1.165) is 18.2 Å². The number of nitrogens with zero attached hydrogens (tertiary/aromatic N) is 2. The maximum Gasteiger partial charge on any atom is 0.230 e. The van der Waals surface area contributed by atoms with E-state index in [1.807, 2.05) is 0 Å². The largest absolute Gasteiger partial charge is 0.424 e. The Bertz CT molecular complexity index is 520. The van der Waals surface area contributed by atoms with E-state index in [9.17, 15) is 0 Å². The van der Waals surface area contributed by atoms with Crippen LogP contribution >= 0.6 is 0 Å². The molecule has 4 aliphatic carbocycles. The predicted octanol–water partition coefficient (Wildman–Crippen LogP) is 3.07. The van der Waals surface area contributed by atoms with Crippen molar-refractivity contribution in [1.82, 2.24) is 10.2 Å². The molecule has 20 heavy (non-hydrogen) atoms. The van der Waals surface area contributed by atoms with Crippen LogP contribution in [0.1, 0.15) is 64.2 Å². The maximum absolute atomic E-state index is 5.69. The van der Waals surface area contributed by atoms with Crippen molar-refractivity contribution in [3.05, 3.63) is 11.8 Å². The van der Waals surface area contributed by atoms with Crippen LogP contribution in [-0.4, -0.2) is 10.2 Å². The normalized spacial score (nSPS) is 46.0. The quantitative estimate of drug-likeness (QED) is 0.920. The van der Waals surface area contributed by atoms with Gasteiger partial charge in [-0.2, -0.15) is 0 Å². The highest BCUT2D eigenvalue weighted by molar-refractivity contribution is 5.12. The smallest absolute Gasteiger partial charge is 0.230 e. The van der Waals surface area contributed by atoms with E-state index in [1.165, 1.54) is 38.5 Å². The highest BCUT2D eigenvalue weighted by atomic mass is 16.4. The van der Waals surface area contributed by atoms with Gasteiger partial charge in [-0.25, -0.2) is 0 Å². The van der Waals surface area contributed by atoms with Gasteiger partial charge in [0.2, 0.25) is 11.8 Å². The first-order chi connectivity index (χ1) is 9.42. The molecule has 4 bridgehead atoms. The van der Waals surface area contributed by atoms with Gasteiger partial charge in [-0.3, -0.25) is 0 Å². The second-order valence-corrected chi connectivity index (χ2v) is 8.60. The van der Waals surface area contributed by atoms with Gasteiger partial charge in [0.1, 0.15) is 0 Å². The molecular weight excluding hydrogens is 250 g/mol. The molecule has 0 amide bonds. The van der Waals surface area contributed by atoms with Crippen LogP contribution in [0.25, 0.3) is 0 Å². The lowest BCUT2D eigenvalue weighted by atomic mass is 9.40. The Labute approximate surface area is 120 Å². The molecule has 4 aliphatic rings. The summed E-state index contributed by atoms with van der Waals surface area (Å²) >= 11 is 0. The highest BCUT2D eigenvalue weighted by Gasteiger charge is 2.60. The van der Waals surface area contributed by atoms with Gasteiger partial charge in [0.05, 0.1) is 6.54 Å². The second-order valence-electron chi connectivity index (χ2n) is 8.60. The summed E-state index contributed by atoms with van der Waals surface area (Å²) in [6.07, 6.45) is 9.28. The third-order valence-corrected chi connectivity index (χ3v) is 5.95. The van der Waals surface area contributed by atoms with Crippen molar-refractivity contribution in [2.75, 3.05) is 0 Å². The predicted molar refractivity (Wildman–Crippen MR) is 75.7 cm³/mol. The molecule has 4 fully saturated rings. The fraction of sp³-hybridized carbons (Fsp3) is 0.875. The lowest BCUT2D eigenvalue weighted by Crippen LogP contribution is -2.55. The molecule has 110 valence electrons. The minimum atomic E-state index is 0.345. The molecule has 0 spiro atoms. The Morgan fingerprint density at radius 1 is 1.05 bits per heavy atom. The Kier molecular flexibility index (Phi) is 2.46. The zero-order valence-corrected chi connectivity index (χ0v) is 12.6. The van der Waals surface area contributed by atoms with Crippen molar-refractivity contribution in [2.45, 2.75) is 65.3 Å². The number of aromatic nitrogens is 2. The molecule has 4 nitrogen and oxygen atoms in total. The summed E-state index contributed by atoms with van der Waals surface area (Å²) in [6, 6.07) is 0. The Hall–Kier alpha value is -0.900. The van der Waals surface area contributed by atoms with E-state index < -0.39 is 0 Å². The minimum Gasteiger partial charge on any atom is -0.424 e. The average molecular weight is 275 g/mol. The number of nitrogens with two attached hydrogens (primary N) is 1. The third kappa shape index (κ3) is 1.92. The third-order valence-electron chi connectivity index (χ3n) is 5.95. The van der Waals surface area contributed by atoms with E-state index in [4.69, 9.17) is 10.2 Å². The minimum absolute atomic E-state index is 0.345. The van der Waals surface area contributed by atoms with Crippen LogP contribution in [0.2, 0.25) is 0 Å². The lowest BCUT2D eigenvalue weighted by molar-refractivity contribution is -0.145. The van der Waals surface area contributed by atoms with Crippen molar-refractivity contribution in [1.29, 1.82) is 0 Å². The van der Waals surface area contributed by atoms with Gasteiger partial charge in [-0.15, -0.1) is 10.2 Å². The van der Waals surface area contributed by atoms with Gasteiger partial charge in [0.25, 0.3) is 0 Å². The van der Waals surface area contributed by atoms with Crippen LogP contribution in [0, 0.1) is 22.2 Å². The van der Waals surface area contributed by atoms with Crippen LogP contribution < -0.4 is 5.73 Å². The summed E-state index contributed by atoms with van der Waals surface area (Å²) < 4.78 is 5.69. The number of hydrogen-bond acceptors (Lipinski definition) is 4. The Balaban J connectivity index is 1.63. The summed E-state index contributed by atoms with van der Waals surface area (Å²) in [5.41, 5.74) is 7.07. The van der Waals surface area contributed by atoms with E-state index in [1.54, 1.807) is 0 Å². The van der Waals surface area contributed by atoms with Crippen LogP contribution in [-0.2, 0) is 13.0 Å². The molecule has 0 aliphatic heterocycles. The maximum atomic E-state index is 5.69. The summed E-state index contributed by atoms with van der Waals surface area (Å²) in [4.78, 5) is 0. The molecule has 1 heterocycles. The first-order valence-corrected chi connectivity index (χ1v) is 7.93. The SMILES string of the molecule is CC12CC3CC(C)(C1)CC(Cc1nnc(CN)o1)(C3)C2.